The zero-order valence-corrected chi connectivity index (χ0v) is 15.6. The first kappa shape index (κ1) is 19.0. The van der Waals surface area contributed by atoms with Gasteiger partial charge in [0.2, 0.25) is 0 Å². The fourth-order valence-corrected chi connectivity index (χ4v) is 2.84. The third-order valence-corrected chi connectivity index (χ3v) is 4.44. The molecule has 0 saturated carbocycles. The predicted molar refractivity (Wildman–Crippen MR) is 102 cm³/mol. The third-order valence-electron chi connectivity index (χ3n) is 4.44. The smallest absolute Gasteiger partial charge is 0.338 e. The van der Waals surface area contributed by atoms with Crippen LogP contribution in [0.25, 0.3) is 0 Å². The maximum absolute atomic E-state index is 12.4. The topological polar surface area (TPSA) is 97.3 Å². The van der Waals surface area contributed by atoms with Crippen LogP contribution in [0.2, 0.25) is 0 Å². The van der Waals surface area contributed by atoms with Gasteiger partial charge in [0, 0.05) is 5.69 Å². The van der Waals surface area contributed by atoms with Crippen molar-refractivity contribution in [1.29, 1.82) is 5.26 Å². The molecule has 142 valence electrons. The van der Waals surface area contributed by atoms with Gasteiger partial charge in [0.15, 0.2) is 6.61 Å². The van der Waals surface area contributed by atoms with Crippen LogP contribution in [0.1, 0.15) is 32.9 Å². The zero-order valence-electron chi connectivity index (χ0n) is 15.6. The highest BCUT2D eigenvalue weighted by molar-refractivity contribution is 5.96. The van der Waals surface area contributed by atoms with Gasteiger partial charge in [-0.2, -0.15) is 5.26 Å². The molecular formula is C21H19N3O4. The summed E-state index contributed by atoms with van der Waals surface area (Å²) >= 11 is 0. The molecule has 2 aromatic heterocycles. The Hall–Kier alpha value is -3.79. The first-order valence-electron chi connectivity index (χ1n) is 8.65. The molecule has 3 rings (SSSR count). The van der Waals surface area contributed by atoms with E-state index in [1.54, 1.807) is 47.2 Å². The molecule has 0 saturated heterocycles. The molecule has 0 fully saturated rings. The third kappa shape index (κ3) is 3.96. The van der Waals surface area contributed by atoms with Crippen LogP contribution in [0, 0.1) is 25.2 Å². The van der Waals surface area contributed by atoms with Crippen LogP contribution in [0.3, 0.4) is 0 Å². The molecule has 3 aromatic rings. The van der Waals surface area contributed by atoms with Crippen molar-refractivity contribution in [2.45, 2.75) is 20.4 Å². The summed E-state index contributed by atoms with van der Waals surface area (Å²) in [7, 11) is 0. The number of carbonyl (C=O) groups is 2. The summed E-state index contributed by atoms with van der Waals surface area (Å²) in [6.45, 7) is 3.59. The Morgan fingerprint density at radius 1 is 1.18 bits per heavy atom. The van der Waals surface area contributed by atoms with Crippen LogP contribution < -0.4 is 5.32 Å². The van der Waals surface area contributed by atoms with Gasteiger partial charge in [-0.3, -0.25) is 4.79 Å². The Labute approximate surface area is 162 Å². The molecule has 7 nitrogen and oxygen atoms in total. The fraction of sp³-hybridized carbons (Fsp3) is 0.190. The first-order valence-corrected chi connectivity index (χ1v) is 8.65. The van der Waals surface area contributed by atoms with Crippen molar-refractivity contribution in [1.82, 2.24) is 4.57 Å². The van der Waals surface area contributed by atoms with E-state index in [1.165, 1.54) is 0 Å². The number of benzene rings is 1. The number of amides is 1. The Kier molecular flexibility index (Phi) is 5.61. The van der Waals surface area contributed by atoms with Crippen LogP contribution >= 0.6 is 0 Å². The number of carbonyl (C=O) groups excluding carboxylic acids is 2. The van der Waals surface area contributed by atoms with Crippen LogP contribution in [-0.4, -0.2) is 23.1 Å². The average molecular weight is 377 g/mol. The van der Waals surface area contributed by atoms with Crippen molar-refractivity contribution < 1.29 is 18.7 Å². The molecule has 0 aliphatic heterocycles. The van der Waals surface area contributed by atoms with Gasteiger partial charge < -0.3 is 19.0 Å². The van der Waals surface area contributed by atoms with E-state index in [0.29, 0.717) is 29.2 Å². The molecule has 0 spiro atoms. The number of anilines is 1. The van der Waals surface area contributed by atoms with Crippen LogP contribution in [-0.2, 0) is 16.1 Å². The molecule has 7 heteroatoms. The molecular weight excluding hydrogens is 358 g/mol. The lowest BCUT2D eigenvalue weighted by molar-refractivity contribution is -0.119. The van der Waals surface area contributed by atoms with Crippen molar-refractivity contribution in [2.75, 3.05) is 11.9 Å². The van der Waals surface area contributed by atoms with E-state index >= 15 is 0 Å². The van der Waals surface area contributed by atoms with Gasteiger partial charge in [0.25, 0.3) is 5.91 Å². The molecule has 0 bridgehead atoms. The Morgan fingerprint density at radius 3 is 2.57 bits per heavy atom. The lowest BCUT2D eigenvalue weighted by Crippen LogP contribution is -2.23. The number of hydrogen-bond donors (Lipinski definition) is 1. The van der Waals surface area contributed by atoms with Crippen molar-refractivity contribution in [2.24, 2.45) is 0 Å². The van der Waals surface area contributed by atoms with E-state index in [-0.39, 0.29) is 0 Å². The number of aromatic nitrogens is 1. The van der Waals surface area contributed by atoms with Crippen molar-refractivity contribution >= 4 is 17.7 Å². The number of nitrogens with one attached hydrogen (secondary N) is 1. The number of nitriles is 1. The minimum atomic E-state index is -0.588. The summed E-state index contributed by atoms with van der Waals surface area (Å²) in [6.07, 6.45) is 1.56. The monoisotopic (exact) mass is 377 g/mol. The van der Waals surface area contributed by atoms with E-state index in [0.717, 1.165) is 11.3 Å². The summed E-state index contributed by atoms with van der Waals surface area (Å²) in [5, 5.41) is 12.2. The zero-order chi connectivity index (χ0) is 20.1. The molecule has 0 unspecified atom stereocenters. The van der Waals surface area contributed by atoms with Gasteiger partial charge in [0.05, 0.1) is 23.9 Å². The molecule has 0 aliphatic carbocycles. The van der Waals surface area contributed by atoms with Gasteiger partial charge in [-0.15, -0.1) is 0 Å². The van der Waals surface area contributed by atoms with Crippen LogP contribution in [0.15, 0.2) is 53.1 Å². The van der Waals surface area contributed by atoms with E-state index < -0.39 is 18.5 Å². The number of nitrogens with zero attached hydrogens (tertiary/aromatic N) is 2. The Bertz CT molecular complexity index is 1030. The second-order valence-electron chi connectivity index (χ2n) is 6.20. The van der Waals surface area contributed by atoms with Gasteiger partial charge >= 0.3 is 5.97 Å². The first-order chi connectivity index (χ1) is 13.5. The standard InChI is InChI=1S/C21H19N3O4/c1-14-15(2)24(12-17-9-6-10-27-17)20(18(14)11-22)23-19(25)13-28-21(26)16-7-4-3-5-8-16/h3-10H,12-13H2,1-2H3,(H,23,25). The average Bonchev–Trinajstić information content (AvgIpc) is 3.30. The van der Waals surface area contributed by atoms with Crippen LogP contribution in [0.5, 0.6) is 0 Å². The SMILES string of the molecule is Cc1c(C#N)c(NC(=O)COC(=O)c2ccccc2)n(Cc2ccco2)c1C. The Balaban J connectivity index is 1.75. The van der Waals surface area contributed by atoms with Gasteiger partial charge in [-0.05, 0) is 43.7 Å². The van der Waals surface area contributed by atoms with E-state index in [9.17, 15) is 14.9 Å². The number of esters is 1. The summed E-state index contributed by atoms with van der Waals surface area (Å²) in [6, 6.07) is 14.1. The molecule has 28 heavy (non-hydrogen) atoms. The van der Waals surface area contributed by atoms with E-state index in [1.807, 2.05) is 19.9 Å². The largest absolute Gasteiger partial charge is 0.467 e. The highest BCUT2D eigenvalue weighted by atomic mass is 16.5. The predicted octanol–water partition coefficient (Wildman–Crippen LogP) is 3.41. The van der Waals surface area contributed by atoms with Crippen molar-refractivity contribution in [3.8, 4) is 6.07 Å². The number of furan rings is 1. The molecule has 0 atom stereocenters. The van der Waals surface area contributed by atoms with Crippen LogP contribution in [0.4, 0.5) is 5.82 Å². The maximum Gasteiger partial charge on any atom is 0.338 e. The minimum absolute atomic E-state index is 0.356. The quantitative estimate of drug-likeness (QED) is 0.664. The second-order valence-corrected chi connectivity index (χ2v) is 6.20. The summed E-state index contributed by atoms with van der Waals surface area (Å²) in [4.78, 5) is 24.3. The molecule has 1 amide bonds. The second kappa shape index (κ2) is 8.27. The van der Waals surface area contributed by atoms with E-state index in [2.05, 4.69) is 11.4 Å². The molecule has 0 radical (unpaired) electrons. The molecule has 2 heterocycles. The van der Waals surface area contributed by atoms with Gasteiger partial charge in [-0.25, -0.2) is 4.79 Å². The highest BCUT2D eigenvalue weighted by Crippen LogP contribution is 2.27. The number of rotatable bonds is 6. The molecule has 1 N–H and O–H groups in total. The summed E-state index contributed by atoms with van der Waals surface area (Å²) < 4.78 is 12.2. The molecule has 0 aliphatic rings. The summed E-state index contributed by atoms with van der Waals surface area (Å²) in [5.74, 6) is -0.0724. The van der Waals surface area contributed by atoms with Crippen molar-refractivity contribution in [3.05, 3.63) is 76.9 Å². The fourth-order valence-electron chi connectivity index (χ4n) is 2.84. The maximum atomic E-state index is 12.4. The number of hydrogen-bond acceptors (Lipinski definition) is 5. The number of ether oxygens (including phenoxy) is 1. The molecule has 1 aromatic carbocycles. The Morgan fingerprint density at radius 2 is 1.93 bits per heavy atom. The summed E-state index contributed by atoms with van der Waals surface area (Å²) in [5.41, 5.74) is 2.34. The highest BCUT2D eigenvalue weighted by Gasteiger charge is 2.21. The minimum Gasteiger partial charge on any atom is -0.467 e. The van der Waals surface area contributed by atoms with E-state index in [4.69, 9.17) is 9.15 Å². The lowest BCUT2D eigenvalue weighted by atomic mass is 10.2. The normalized spacial score (nSPS) is 10.3. The van der Waals surface area contributed by atoms with Crippen molar-refractivity contribution in [3.63, 3.8) is 0 Å². The van der Waals surface area contributed by atoms with Gasteiger partial charge in [-0.1, -0.05) is 18.2 Å². The lowest BCUT2D eigenvalue weighted by Gasteiger charge is -2.12. The van der Waals surface area contributed by atoms with Gasteiger partial charge in [0.1, 0.15) is 17.6 Å².